The molecule has 0 bridgehead atoms. The summed E-state index contributed by atoms with van der Waals surface area (Å²) in [5.74, 6) is 0.221. The number of nitrogens with one attached hydrogen (secondary N) is 1. The van der Waals surface area contributed by atoms with Crippen LogP contribution in [0.5, 0.6) is 0 Å². The molecule has 1 aromatic heterocycles. The van der Waals surface area contributed by atoms with Crippen molar-refractivity contribution in [2.45, 2.75) is 31.7 Å². The largest absolute Gasteiger partial charge is 0.422 e. The van der Waals surface area contributed by atoms with Gasteiger partial charge in [0.1, 0.15) is 0 Å². The Bertz CT molecular complexity index is 974. The Kier molecular flexibility index (Phi) is 6.83. The standard InChI is InChI=1S/C21H20F3N3O3/c1-29-19(15-7-3-2-4-8-15)20-27-26-18(30-20)11-10-17(28)25-13-14-6-5-9-16(12-14)21(22,23)24/h2-9,12,19H,10-11,13H2,1H3,(H,25,28)/t19-/m0/s1. The summed E-state index contributed by atoms with van der Waals surface area (Å²) in [7, 11) is 1.53. The van der Waals surface area contributed by atoms with E-state index in [-0.39, 0.29) is 37.1 Å². The SMILES string of the molecule is CO[C@@H](c1ccccc1)c1nnc(CCC(=O)NCc2cccc(C(F)(F)F)c2)o1. The molecule has 3 rings (SSSR count). The number of alkyl halides is 3. The monoisotopic (exact) mass is 419 g/mol. The first-order valence-electron chi connectivity index (χ1n) is 9.19. The van der Waals surface area contributed by atoms with Crippen molar-refractivity contribution in [3.05, 3.63) is 83.1 Å². The van der Waals surface area contributed by atoms with E-state index < -0.39 is 17.8 Å². The third-order valence-electron chi connectivity index (χ3n) is 4.35. The molecule has 1 atom stereocenters. The second-order valence-corrected chi connectivity index (χ2v) is 6.54. The Hall–Kier alpha value is -3.20. The Balaban J connectivity index is 1.52. The van der Waals surface area contributed by atoms with E-state index in [1.807, 2.05) is 30.3 Å². The number of hydrogen-bond acceptors (Lipinski definition) is 5. The number of methoxy groups -OCH3 is 1. The summed E-state index contributed by atoms with van der Waals surface area (Å²) in [5.41, 5.74) is 0.469. The van der Waals surface area contributed by atoms with Crippen molar-refractivity contribution in [1.82, 2.24) is 15.5 Å². The van der Waals surface area contributed by atoms with Gasteiger partial charge < -0.3 is 14.5 Å². The van der Waals surface area contributed by atoms with Gasteiger partial charge in [-0.1, -0.05) is 42.5 Å². The van der Waals surface area contributed by atoms with Crippen LogP contribution in [-0.2, 0) is 28.7 Å². The van der Waals surface area contributed by atoms with Gasteiger partial charge in [0.25, 0.3) is 0 Å². The van der Waals surface area contributed by atoms with Gasteiger partial charge in [-0.2, -0.15) is 13.2 Å². The van der Waals surface area contributed by atoms with Crippen LogP contribution in [0.15, 0.2) is 59.0 Å². The van der Waals surface area contributed by atoms with Crippen LogP contribution in [0, 0.1) is 0 Å². The summed E-state index contributed by atoms with van der Waals surface area (Å²) in [6, 6.07) is 14.2. The van der Waals surface area contributed by atoms with Crippen LogP contribution in [0.4, 0.5) is 13.2 Å². The molecule has 2 aromatic carbocycles. The molecule has 6 nitrogen and oxygen atoms in total. The van der Waals surface area contributed by atoms with Crippen LogP contribution >= 0.6 is 0 Å². The second-order valence-electron chi connectivity index (χ2n) is 6.54. The number of benzene rings is 2. The van der Waals surface area contributed by atoms with Crippen molar-refractivity contribution in [3.8, 4) is 0 Å². The van der Waals surface area contributed by atoms with Gasteiger partial charge in [-0.25, -0.2) is 0 Å². The van der Waals surface area contributed by atoms with Crippen molar-refractivity contribution >= 4 is 5.91 Å². The van der Waals surface area contributed by atoms with Crippen LogP contribution in [0.2, 0.25) is 0 Å². The molecule has 0 fully saturated rings. The molecule has 0 aliphatic rings. The Morgan fingerprint density at radius 2 is 1.90 bits per heavy atom. The van der Waals surface area contributed by atoms with Gasteiger partial charge in [0.2, 0.25) is 17.7 Å². The lowest BCUT2D eigenvalue weighted by Crippen LogP contribution is -2.23. The van der Waals surface area contributed by atoms with E-state index in [0.29, 0.717) is 5.56 Å². The van der Waals surface area contributed by atoms with Gasteiger partial charge in [0.05, 0.1) is 5.56 Å². The molecule has 0 radical (unpaired) electrons. The van der Waals surface area contributed by atoms with Gasteiger partial charge in [0, 0.05) is 26.5 Å². The topological polar surface area (TPSA) is 77.2 Å². The van der Waals surface area contributed by atoms with Gasteiger partial charge in [-0.15, -0.1) is 10.2 Å². The molecule has 0 unspecified atom stereocenters. The molecule has 1 amide bonds. The average molecular weight is 419 g/mol. The fourth-order valence-corrected chi connectivity index (χ4v) is 2.85. The molecule has 0 spiro atoms. The number of halogens is 3. The van der Waals surface area contributed by atoms with Crippen molar-refractivity contribution in [3.63, 3.8) is 0 Å². The molecule has 3 aromatic rings. The highest BCUT2D eigenvalue weighted by molar-refractivity contribution is 5.76. The smallest absolute Gasteiger partial charge is 0.416 e. The number of rotatable bonds is 8. The number of carbonyl (C=O) groups excluding carboxylic acids is 1. The lowest BCUT2D eigenvalue weighted by molar-refractivity contribution is -0.137. The zero-order chi connectivity index (χ0) is 21.6. The van der Waals surface area contributed by atoms with E-state index in [0.717, 1.165) is 17.7 Å². The maximum absolute atomic E-state index is 12.7. The number of ether oxygens (including phenoxy) is 1. The summed E-state index contributed by atoms with van der Waals surface area (Å²) in [4.78, 5) is 12.0. The highest BCUT2D eigenvalue weighted by Crippen LogP contribution is 2.29. The molecule has 30 heavy (non-hydrogen) atoms. The molecular weight excluding hydrogens is 399 g/mol. The first-order valence-corrected chi connectivity index (χ1v) is 9.19. The molecule has 0 aliphatic heterocycles. The quantitative estimate of drug-likeness (QED) is 0.596. The van der Waals surface area contributed by atoms with E-state index in [4.69, 9.17) is 9.15 Å². The zero-order valence-corrected chi connectivity index (χ0v) is 16.1. The fourth-order valence-electron chi connectivity index (χ4n) is 2.85. The number of hydrogen-bond donors (Lipinski definition) is 1. The van der Waals surface area contributed by atoms with Gasteiger partial charge >= 0.3 is 6.18 Å². The maximum atomic E-state index is 12.7. The molecule has 0 aliphatic carbocycles. The van der Waals surface area contributed by atoms with Crippen LogP contribution in [-0.4, -0.2) is 23.2 Å². The fraction of sp³-hybridized carbons (Fsp3) is 0.286. The van der Waals surface area contributed by atoms with Crippen LogP contribution in [0.25, 0.3) is 0 Å². The van der Waals surface area contributed by atoms with E-state index in [9.17, 15) is 18.0 Å². The van der Waals surface area contributed by atoms with Crippen LogP contribution in [0.1, 0.15) is 41.0 Å². The molecule has 0 saturated carbocycles. The predicted octanol–water partition coefficient (Wildman–Crippen LogP) is 4.07. The van der Waals surface area contributed by atoms with E-state index in [1.165, 1.54) is 19.2 Å². The Labute approximate surface area is 171 Å². The molecule has 1 heterocycles. The number of aryl methyl sites for hydroxylation is 1. The minimum Gasteiger partial charge on any atom is -0.422 e. The van der Waals surface area contributed by atoms with Crippen molar-refractivity contribution in [2.75, 3.05) is 7.11 Å². The summed E-state index contributed by atoms with van der Waals surface area (Å²) in [6.45, 7) is -0.00239. The molecule has 1 N–H and O–H groups in total. The minimum atomic E-state index is -4.42. The van der Waals surface area contributed by atoms with Gasteiger partial charge in [-0.3, -0.25) is 4.79 Å². The minimum absolute atomic E-state index is 0.00239. The third kappa shape index (κ3) is 5.66. The normalized spacial score (nSPS) is 12.5. The van der Waals surface area contributed by atoms with Crippen molar-refractivity contribution in [1.29, 1.82) is 0 Å². The highest BCUT2D eigenvalue weighted by Gasteiger charge is 2.30. The summed E-state index contributed by atoms with van der Waals surface area (Å²) in [6.07, 6.45) is -4.67. The lowest BCUT2D eigenvalue weighted by Gasteiger charge is -2.10. The van der Waals surface area contributed by atoms with E-state index in [1.54, 1.807) is 0 Å². The Morgan fingerprint density at radius 3 is 2.60 bits per heavy atom. The van der Waals surface area contributed by atoms with Gasteiger partial charge in [0.15, 0.2) is 6.10 Å². The van der Waals surface area contributed by atoms with E-state index >= 15 is 0 Å². The van der Waals surface area contributed by atoms with Crippen molar-refractivity contribution < 1.29 is 27.1 Å². The average Bonchev–Trinajstić information content (AvgIpc) is 3.20. The maximum Gasteiger partial charge on any atom is 0.416 e. The second kappa shape index (κ2) is 9.53. The summed E-state index contributed by atoms with van der Waals surface area (Å²) in [5, 5.41) is 10.5. The van der Waals surface area contributed by atoms with Crippen LogP contribution in [0.3, 0.4) is 0 Å². The molecule has 158 valence electrons. The number of aromatic nitrogens is 2. The summed E-state index contributed by atoms with van der Waals surface area (Å²) >= 11 is 0. The molecule has 0 saturated heterocycles. The number of carbonyl (C=O) groups is 1. The first kappa shape index (κ1) is 21.5. The highest BCUT2D eigenvalue weighted by atomic mass is 19.4. The first-order chi connectivity index (χ1) is 14.4. The zero-order valence-electron chi connectivity index (χ0n) is 16.1. The predicted molar refractivity (Wildman–Crippen MR) is 101 cm³/mol. The number of nitrogens with zero attached hydrogens (tertiary/aromatic N) is 2. The van der Waals surface area contributed by atoms with E-state index in [2.05, 4.69) is 15.5 Å². The van der Waals surface area contributed by atoms with Gasteiger partial charge in [-0.05, 0) is 23.3 Å². The summed E-state index contributed by atoms with van der Waals surface area (Å²) < 4.78 is 49.3. The molecule has 9 heteroatoms. The van der Waals surface area contributed by atoms with Crippen LogP contribution < -0.4 is 5.32 Å². The number of amides is 1. The third-order valence-corrected chi connectivity index (χ3v) is 4.35. The lowest BCUT2D eigenvalue weighted by atomic mass is 10.1. The Morgan fingerprint density at radius 1 is 1.13 bits per heavy atom. The van der Waals surface area contributed by atoms with Crippen molar-refractivity contribution in [2.24, 2.45) is 0 Å². The molecular formula is C21H20F3N3O3.